The van der Waals surface area contributed by atoms with Crippen LogP contribution in [-0.2, 0) is 9.47 Å². The van der Waals surface area contributed by atoms with Crippen LogP contribution in [0.4, 0.5) is 0 Å². The SMILES string of the molecule is CCC(OC)C(NN)C1=COCCC1. The molecule has 0 aromatic rings. The highest BCUT2D eigenvalue weighted by Gasteiger charge is 2.23. The molecule has 82 valence electrons. The Morgan fingerprint density at radius 1 is 1.71 bits per heavy atom. The summed E-state index contributed by atoms with van der Waals surface area (Å²) in [5.74, 6) is 5.53. The number of hydrogen-bond acceptors (Lipinski definition) is 4. The highest BCUT2D eigenvalue weighted by molar-refractivity contribution is 5.12. The third-order valence-electron chi connectivity index (χ3n) is 2.62. The zero-order chi connectivity index (χ0) is 10.4. The first kappa shape index (κ1) is 11.5. The molecule has 0 radical (unpaired) electrons. The van der Waals surface area contributed by atoms with Crippen LogP contribution < -0.4 is 11.3 Å². The minimum Gasteiger partial charge on any atom is -0.501 e. The molecule has 14 heavy (non-hydrogen) atoms. The summed E-state index contributed by atoms with van der Waals surface area (Å²) in [5, 5.41) is 0. The van der Waals surface area contributed by atoms with Crippen molar-refractivity contribution in [3.63, 3.8) is 0 Å². The molecular weight excluding hydrogens is 180 g/mol. The van der Waals surface area contributed by atoms with E-state index in [1.54, 1.807) is 7.11 Å². The predicted octanol–water partition coefficient (Wildman–Crippen LogP) is 0.938. The predicted molar refractivity (Wildman–Crippen MR) is 55.5 cm³/mol. The lowest BCUT2D eigenvalue weighted by Gasteiger charge is -2.28. The van der Waals surface area contributed by atoms with Gasteiger partial charge in [-0.25, -0.2) is 0 Å². The molecule has 0 aromatic heterocycles. The Morgan fingerprint density at radius 2 is 2.50 bits per heavy atom. The van der Waals surface area contributed by atoms with Crippen LogP contribution in [0.2, 0.25) is 0 Å². The van der Waals surface area contributed by atoms with Crippen molar-refractivity contribution in [3.05, 3.63) is 11.8 Å². The van der Waals surface area contributed by atoms with Gasteiger partial charge in [-0.2, -0.15) is 0 Å². The van der Waals surface area contributed by atoms with E-state index in [0.29, 0.717) is 0 Å². The van der Waals surface area contributed by atoms with E-state index < -0.39 is 0 Å². The maximum atomic E-state index is 5.53. The lowest BCUT2D eigenvalue weighted by atomic mass is 9.96. The second-order valence-corrected chi connectivity index (χ2v) is 3.49. The third-order valence-corrected chi connectivity index (χ3v) is 2.62. The normalized spacial score (nSPS) is 20.9. The van der Waals surface area contributed by atoms with Gasteiger partial charge in [-0.05, 0) is 24.8 Å². The Kier molecular flexibility index (Phi) is 4.93. The second kappa shape index (κ2) is 6.01. The van der Waals surface area contributed by atoms with Crippen LogP contribution in [0.1, 0.15) is 26.2 Å². The molecule has 1 aliphatic rings. The van der Waals surface area contributed by atoms with Crippen LogP contribution in [0.3, 0.4) is 0 Å². The Balaban J connectivity index is 2.63. The highest BCUT2D eigenvalue weighted by Crippen LogP contribution is 2.20. The summed E-state index contributed by atoms with van der Waals surface area (Å²) in [6, 6.07) is 0.0744. The lowest BCUT2D eigenvalue weighted by Crippen LogP contribution is -2.46. The number of nitrogens with one attached hydrogen (secondary N) is 1. The van der Waals surface area contributed by atoms with Crippen molar-refractivity contribution in [2.45, 2.75) is 38.3 Å². The molecule has 0 aromatic carbocycles. The molecule has 1 aliphatic heterocycles. The number of methoxy groups -OCH3 is 1. The Bertz CT molecular complexity index is 191. The summed E-state index contributed by atoms with van der Waals surface area (Å²) in [6.45, 7) is 2.90. The number of nitrogens with two attached hydrogens (primary N) is 1. The van der Waals surface area contributed by atoms with E-state index in [1.165, 1.54) is 5.57 Å². The molecule has 4 nitrogen and oxygen atoms in total. The van der Waals surface area contributed by atoms with Gasteiger partial charge in [0.15, 0.2) is 0 Å². The summed E-state index contributed by atoms with van der Waals surface area (Å²) in [4.78, 5) is 0. The van der Waals surface area contributed by atoms with Crippen molar-refractivity contribution in [2.24, 2.45) is 5.84 Å². The zero-order valence-electron chi connectivity index (χ0n) is 8.95. The largest absolute Gasteiger partial charge is 0.501 e. The van der Waals surface area contributed by atoms with Crippen LogP contribution in [-0.4, -0.2) is 25.9 Å². The molecule has 1 heterocycles. The maximum absolute atomic E-state index is 5.53. The van der Waals surface area contributed by atoms with Crippen molar-refractivity contribution in [1.29, 1.82) is 0 Å². The Hall–Kier alpha value is -0.580. The molecule has 0 aliphatic carbocycles. The van der Waals surface area contributed by atoms with Crippen molar-refractivity contribution in [3.8, 4) is 0 Å². The van der Waals surface area contributed by atoms with Crippen molar-refractivity contribution in [2.75, 3.05) is 13.7 Å². The van der Waals surface area contributed by atoms with Crippen LogP contribution in [0, 0.1) is 0 Å². The molecule has 2 atom stereocenters. The monoisotopic (exact) mass is 200 g/mol. The van der Waals surface area contributed by atoms with Gasteiger partial charge in [0.25, 0.3) is 0 Å². The van der Waals surface area contributed by atoms with Crippen LogP contribution in [0.25, 0.3) is 0 Å². The highest BCUT2D eigenvalue weighted by atomic mass is 16.5. The van der Waals surface area contributed by atoms with E-state index in [-0.39, 0.29) is 12.1 Å². The van der Waals surface area contributed by atoms with Gasteiger partial charge >= 0.3 is 0 Å². The number of rotatable bonds is 5. The third kappa shape index (κ3) is 2.70. The second-order valence-electron chi connectivity index (χ2n) is 3.49. The van der Waals surface area contributed by atoms with Crippen LogP contribution in [0.15, 0.2) is 11.8 Å². The van der Waals surface area contributed by atoms with E-state index in [1.807, 2.05) is 6.26 Å². The van der Waals surface area contributed by atoms with Crippen molar-refractivity contribution in [1.82, 2.24) is 5.43 Å². The lowest BCUT2D eigenvalue weighted by molar-refractivity contribution is 0.0712. The summed E-state index contributed by atoms with van der Waals surface area (Å²) < 4.78 is 10.7. The molecule has 0 saturated heterocycles. The molecule has 0 spiro atoms. The number of hydrazine groups is 1. The minimum absolute atomic E-state index is 0.0744. The summed E-state index contributed by atoms with van der Waals surface area (Å²) in [6.07, 6.45) is 4.96. The van der Waals surface area contributed by atoms with E-state index in [2.05, 4.69) is 12.3 Å². The molecule has 3 N–H and O–H groups in total. The smallest absolute Gasteiger partial charge is 0.0876 e. The van der Waals surface area contributed by atoms with E-state index in [0.717, 1.165) is 25.9 Å². The topological polar surface area (TPSA) is 56.5 Å². The first-order valence-electron chi connectivity index (χ1n) is 5.13. The standard InChI is InChI=1S/C10H20N2O2/c1-3-9(13-2)10(12-11)8-5-4-6-14-7-8/h7,9-10,12H,3-6,11H2,1-2H3. The molecule has 4 heteroatoms. The van der Waals surface area contributed by atoms with Gasteiger partial charge in [0.1, 0.15) is 0 Å². The molecule has 1 rings (SSSR count). The number of ether oxygens (including phenoxy) is 2. The molecule has 0 amide bonds. The average molecular weight is 200 g/mol. The first-order valence-corrected chi connectivity index (χ1v) is 5.13. The fourth-order valence-corrected chi connectivity index (χ4v) is 1.80. The molecule has 0 fully saturated rings. The van der Waals surface area contributed by atoms with Crippen LogP contribution in [0.5, 0.6) is 0 Å². The van der Waals surface area contributed by atoms with Gasteiger partial charge in [0.2, 0.25) is 0 Å². The first-order chi connectivity index (χ1) is 6.83. The van der Waals surface area contributed by atoms with Gasteiger partial charge in [0, 0.05) is 7.11 Å². The minimum atomic E-state index is 0.0744. The quantitative estimate of drug-likeness (QED) is 0.512. The summed E-state index contributed by atoms with van der Waals surface area (Å²) in [7, 11) is 1.71. The summed E-state index contributed by atoms with van der Waals surface area (Å²) in [5.41, 5.74) is 4.00. The fraction of sp³-hybridized carbons (Fsp3) is 0.800. The summed E-state index contributed by atoms with van der Waals surface area (Å²) >= 11 is 0. The molecule has 2 unspecified atom stereocenters. The molecule has 0 bridgehead atoms. The molecule has 0 saturated carbocycles. The number of hydrogen-bond donors (Lipinski definition) is 2. The Morgan fingerprint density at radius 3 is 2.93 bits per heavy atom. The van der Waals surface area contributed by atoms with Gasteiger partial charge in [-0.15, -0.1) is 0 Å². The fourth-order valence-electron chi connectivity index (χ4n) is 1.80. The van der Waals surface area contributed by atoms with Crippen molar-refractivity contribution >= 4 is 0 Å². The van der Waals surface area contributed by atoms with E-state index in [4.69, 9.17) is 15.3 Å². The molecular formula is C10H20N2O2. The van der Waals surface area contributed by atoms with Gasteiger partial charge in [0.05, 0.1) is 25.0 Å². The maximum Gasteiger partial charge on any atom is 0.0876 e. The van der Waals surface area contributed by atoms with Gasteiger partial charge in [-0.1, -0.05) is 6.92 Å². The van der Waals surface area contributed by atoms with Gasteiger partial charge in [-0.3, -0.25) is 11.3 Å². The van der Waals surface area contributed by atoms with E-state index in [9.17, 15) is 0 Å². The van der Waals surface area contributed by atoms with Crippen LogP contribution >= 0.6 is 0 Å². The van der Waals surface area contributed by atoms with E-state index >= 15 is 0 Å². The average Bonchev–Trinajstić information content (AvgIpc) is 2.27. The van der Waals surface area contributed by atoms with Crippen molar-refractivity contribution < 1.29 is 9.47 Å². The zero-order valence-corrected chi connectivity index (χ0v) is 8.95. The Labute approximate surface area is 85.4 Å². The van der Waals surface area contributed by atoms with Gasteiger partial charge < -0.3 is 9.47 Å².